The number of hydrogen-bond acceptors (Lipinski definition) is 2. The first-order valence-electron chi connectivity index (χ1n) is 9.09. The second-order valence-electron chi connectivity index (χ2n) is 9.00. The van der Waals surface area contributed by atoms with Gasteiger partial charge in [0, 0.05) is 11.8 Å². The van der Waals surface area contributed by atoms with E-state index in [2.05, 4.69) is 27.4 Å². The Balaban J connectivity index is 2.00. The van der Waals surface area contributed by atoms with E-state index in [4.69, 9.17) is 0 Å². The molecule has 22 heavy (non-hydrogen) atoms. The summed E-state index contributed by atoms with van der Waals surface area (Å²) in [7, 11) is 0. The average molecular weight is 304 g/mol. The maximum Gasteiger partial charge on any atom is 0.139 e. The summed E-state index contributed by atoms with van der Waals surface area (Å²) >= 11 is 0. The number of aliphatic hydroxyl groups is 1. The van der Waals surface area contributed by atoms with Crippen LogP contribution < -0.4 is 0 Å². The Hall–Kier alpha value is -0.630. The van der Waals surface area contributed by atoms with Gasteiger partial charge in [-0.15, -0.1) is 6.58 Å². The highest BCUT2D eigenvalue weighted by Crippen LogP contribution is 2.67. The first-order chi connectivity index (χ1) is 10.3. The van der Waals surface area contributed by atoms with Gasteiger partial charge in [-0.25, -0.2) is 0 Å². The predicted octanol–water partition coefficient (Wildman–Crippen LogP) is 4.52. The van der Waals surface area contributed by atoms with Crippen LogP contribution in [0, 0.1) is 28.1 Å². The molecule has 3 aliphatic carbocycles. The van der Waals surface area contributed by atoms with Crippen LogP contribution in [-0.4, -0.2) is 17.0 Å². The quantitative estimate of drug-likeness (QED) is 0.762. The van der Waals surface area contributed by atoms with E-state index >= 15 is 0 Å². The van der Waals surface area contributed by atoms with Crippen molar-refractivity contribution in [2.24, 2.45) is 28.1 Å². The van der Waals surface area contributed by atoms with Crippen LogP contribution in [0.2, 0.25) is 0 Å². The van der Waals surface area contributed by atoms with Crippen molar-refractivity contribution >= 4 is 5.78 Å². The second kappa shape index (κ2) is 5.19. The number of ketones is 1. The molecule has 0 aromatic heterocycles. The van der Waals surface area contributed by atoms with Gasteiger partial charge in [0.2, 0.25) is 0 Å². The molecule has 0 aromatic carbocycles. The van der Waals surface area contributed by atoms with Crippen molar-refractivity contribution in [3.8, 4) is 0 Å². The topological polar surface area (TPSA) is 37.3 Å². The molecule has 0 amide bonds. The number of fused-ring (bicyclic) bond motifs is 3. The van der Waals surface area contributed by atoms with E-state index in [0.717, 1.165) is 38.5 Å². The Morgan fingerprint density at radius 1 is 1.18 bits per heavy atom. The lowest BCUT2D eigenvalue weighted by Crippen LogP contribution is -2.60. The van der Waals surface area contributed by atoms with Gasteiger partial charge in [-0.1, -0.05) is 26.8 Å². The highest BCUT2D eigenvalue weighted by Gasteiger charge is 2.62. The van der Waals surface area contributed by atoms with Crippen molar-refractivity contribution in [2.75, 3.05) is 0 Å². The standard InChI is InChI=1S/C20H32O2/c1-5-9-20(4)17(22)7-6-15-16-13-14(21)8-10-18(16,2)11-12-19(15,20)3/h5,14-16,21H,1,6-13H2,2-4H3/t14-,15+,16+,18+,19+,20+/m0/s1. The lowest BCUT2D eigenvalue weighted by molar-refractivity contribution is -0.174. The molecule has 0 radical (unpaired) electrons. The fourth-order valence-electron chi connectivity index (χ4n) is 6.23. The monoisotopic (exact) mass is 304 g/mol. The van der Waals surface area contributed by atoms with Gasteiger partial charge in [-0.3, -0.25) is 4.79 Å². The van der Waals surface area contributed by atoms with E-state index in [-0.39, 0.29) is 16.9 Å². The van der Waals surface area contributed by atoms with Crippen molar-refractivity contribution in [3.63, 3.8) is 0 Å². The number of carbonyl (C=O) groups is 1. The Morgan fingerprint density at radius 3 is 2.59 bits per heavy atom. The summed E-state index contributed by atoms with van der Waals surface area (Å²) < 4.78 is 0. The number of aliphatic hydroxyl groups excluding tert-OH is 1. The zero-order chi connectivity index (χ0) is 16.2. The van der Waals surface area contributed by atoms with E-state index in [0.29, 0.717) is 29.5 Å². The van der Waals surface area contributed by atoms with Crippen LogP contribution >= 0.6 is 0 Å². The minimum absolute atomic E-state index is 0.0672. The van der Waals surface area contributed by atoms with Gasteiger partial charge in [-0.05, 0) is 67.6 Å². The van der Waals surface area contributed by atoms with E-state index in [1.807, 2.05) is 6.08 Å². The molecule has 0 aliphatic heterocycles. The summed E-state index contributed by atoms with van der Waals surface area (Å²) in [6, 6.07) is 0. The highest BCUT2D eigenvalue weighted by molar-refractivity contribution is 5.86. The molecule has 0 saturated heterocycles. The first kappa shape index (κ1) is 16.2. The fourth-order valence-corrected chi connectivity index (χ4v) is 6.23. The number of carbonyl (C=O) groups excluding carboxylic acids is 1. The van der Waals surface area contributed by atoms with Crippen molar-refractivity contribution in [1.29, 1.82) is 0 Å². The fraction of sp³-hybridized carbons (Fsp3) is 0.850. The number of allylic oxidation sites excluding steroid dienone is 1. The van der Waals surface area contributed by atoms with E-state index in [1.165, 1.54) is 6.42 Å². The maximum absolute atomic E-state index is 12.8. The summed E-state index contributed by atoms with van der Waals surface area (Å²) in [4.78, 5) is 12.8. The zero-order valence-electron chi connectivity index (χ0n) is 14.5. The molecule has 6 atom stereocenters. The minimum atomic E-state index is -0.263. The maximum atomic E-state index is 12.8. The Kier molecular flexibility index (Phi) is 3.83. The molecule has 0 aromatic rings. The second-order valence-corrected chi connectivity index (χ2v) is 9.00. The largest absolute Gasteiger partial charge is 0.393 e. The molecule has 124 valence electrons. The average Bonchev–Trinajstić information content (AvgIpc) is 2.47. The summed E-state index contributed by atoms with van der Waals surface area (Å²) in [6.45, 7) is 10.9. The van der Waals surface area contributed by atoms with Crippen LogP contribution in [0.25, 0.3) is 0 Å². The smallest absolute Gasteiger partial charge is 0.139 e. The molecule has 2 nitrogen and oxygen atoms in total. The van der Waals surface area contributed by atoms with Gasteiger partial charge in [-0.2, -0.15) is 0 Å². The lowest BCUT2D eigenvalue weighted by Gasteiger charge is -2.64. The number of rotatable bonds is 2. The molecular formula is C20H32O2. The molecular weight excluding hydrogens is 272 g/mol. The number of hydrogen-bond donors (Lipinski definition) is 1. The molecule has 3 fully saturated rings. The summed E-state index contributed by atoms with van der Waals surface area (Å²) in [5, 5.41) is 10.2. The molecule has 1 N–H and O–H groups in total. The minimum Gasteiger partial charge on any atom is -0.393 e. The Labute approximate surface area is 135 Å². The predicted molar refractivity (Wildman–Crippen MR) is 89.4 cm³/mol. The Bertz CT molecular complexity index is 484. The molecule has 3 rings (SSSR count). The van der Waals surface area contributed by atoms with Gasteiger partial charge in [0.15, 0.2) is 0 Å². The van der Waals surface area contributed by atoms with Crippen LogP contribution in [0.5, 0.6) is 0 Å². The van der Waals surface area contributed by atoms with Gasteiger partial charge in [0.05, 0.1) is 6.10 Å². The molecule has 3 saturated carbocycles. The molecule has 0 bridgehead atoms. The third-order valence-corrected chi connectivity index (χ3v) is 8.10. The molecule has 0 spiro atoms. The van der Waals surface area contributed by atoms with Crippen LogP contribution in [-0.2, 0) is 4.79 Å². The van der Waals surface area contributed by atoms with Gasteiger partial charge < -0.3 is 5.11 Å². The van der Waals surface area contributed by atoms with Crippen LogP contribution in [0.4, 0.5) is 0 Å². The first-order valence-corrected chi connectivity index (χ1v) is 9.09. The van der Waals surface area contributed by atoms with E-state index < -0.39 is 0 Å². The van der Waals surface area contributed by atoms with Crippen molar-refractivity contribution in [2.45, 2.75) is 78.2 Å². The third kappa shape index (κ3) is 2.06. The van der Waals surface area contributed by atoms with Crippen LogP contribution in [0.1, 0.15) is 72.1 Å². The molecule has 0 heterocycles. The molecule has 3 aliphatic rings. The van der Waals surface area contributed by atoms with E-state index in [1.54, 1.807) is 0 Å². The zero-order valence-corrected chi connectivity index (χ0v) is 14.5. The van der Waals surface area contributed by atoms with Gasteiger partial charge in [0.1, 0.15) is 5.78 Å². The SMILES string of the molecule is C=CC[C@]1(C)C(=O)CC[C@@H]2[C@H]3C[C@@H](O)CC[C@]3(C)CC[C@]21C. The highest BCUT2D eigenvalue weighted by atomic mass is 16.3. The summed E-state index contributed by atoms with van der Waals surface area (Å²) in [5.41, 5.74) is 0.179. The Morgan fingerprint density at radius 2 is 1.91 bits per heavy atom. The normalized spacial score (nSPS) is 51.8. The molecule has 2 heteroatoms. The van der Waals surface area contributed by atoms with E-state index in [9.17, 15) is 9.90 Å². The molecule has 0 unspecified atom stereocenters. The van der Waals surface area contributed by atoms with Gasteiger partial charge >= 0.3 is 0 Å². The van der Waals surface area contributed by atoms with Crippen molar-refractivity contribution in [1.82, 2.24) is 0 Å². The summed E-state index contributed by atoms with van der Waals surface area (Å²) in [6.07, 6.45) is 9.74. The lowest BCUT2D eigenvalue weighted by atomic mass is 9.40. The van der Waals surface area contributed by atoms with Gasteiger partial charge in [0.25, 0.3) is 0 Å². The number of Topliss-reactive ketones (excluding diaryl/α,β-unsaturated/α-hetero) is 1. The third-order valence-electron chi connectivity index (χ3n) is 8.10. The van der Waals surface area contributed by atoms with Crippen LogP contribution in [0.3, 0.4) is 0 Å². The van der Waals surface area contributed by atoms with Crippen molar-refractivity contribution in [3.05, 3.63) is 12.7 Å². The van der Waals surface area contributed by atoms with Crippen molar-refractivity contribution < 1.29 is 9.90 Å². The summed E-state index contributed by atoms with van der Waals surface area (Å²) in [5.74, 6) is 1.59. The van der Waals surface area contributed by atoms with Crippen LogP contribution in [0.15, 0.2) is 12.7 Å².